The fourth-order valence-corrected chi connectivity index (χ4v) is 1.92. The molecule has 0 fully saturated rings. The topological polar surface area (TPSA) is 92.5 Å². The van der Waals surface area contributed by atoms with Gasteiger partial charge in [0.15, 0.2) is 0 Å². The van der Waals surface area contributed by atoms with Crippen LogP contribution in [0, 0.1) is 10.1 Å². The van der Waals surface area contributed by atoms with E-state index in [2.05, 4.69) is 21.2 Å². The zero-order valence-corrected chi connectivity index (χ0v) is 11.1. The standard InChI is InChI=1S/C11H13BrN2O4/c12-9-7-8(4-5-10(9)14(17)18)13-6-2-1-3-11(15)16/h4-5,7,13H,1-3,6H2,(H,15,16). The summed E-state index contributed by atoms with van der Waals surface area (Å²) in [5.41, 5.74) is 0.786. The average molecular weight is 317 g/mol. The third kappa shape index (κ3) is 4.70. The first-order valence-electron chi connectivity index (χ1n) is 5.40. The van der Waals surface area contributed by atoms with Crippen LogP contribution in [0.15, 0.2) is 22.7 Å². The van der Waals surface area contributed by atoms with Gasteiger partial charge >= 0.3 is 5.97 Å². The van der Waals surface area contributed by atoms with E-state index in [0.29, 0.717) is 17.4 Å². The normalized spacial score (nSPS) is 10.1. The number of carbonyl (C=O) groups is 1. The van der Waals surface area contributed by atoms with Crippen LogP contribution in [0.4, 0.5) is 11.4 Å². The lowest BCUT2D eigenvalue weighted by atomic mass is 10.2. The number of nitrogens with zero attached hydrogens (tertiary/aromatic N) is 1. The molecule has 0 atom stereocenters. The molecule has 0 aromatic heterocycles. The number of nitro groups is 1. The van der Waals surface area contributed by atoms with Gasteiger partial charge in [-0.1, -0.05) is 0 Å². The molecular formula is C11H13BrN2O4. The smallest absolute Gasteiger partial charge is 0.303 e. The number of anilines is 1. The molecule has 0 spiro atoms. The number of carboxylic acids is 1. The first-order chi connectivity index (χ1) is 8.50. The van der Waals surface area contributed by atoms with Crippen LogP contribution in [0.2, 0.25) is 0 Å². The molecule has 0 bridgehead atoms. The van der Waals surface area contributed by atoms with E-state index in [1.54, 1.807) is 12.1 Å². The second kappa shape index (κ2) is 6.95. The van der Waals surface area contributed by atoms with Gasteiger partial charge in [0.25, 0.3) is 5.69 Å². The number of hydrogen-bond acceptors (Lipinski definition) is 4. The third-order valence-corrected chi connectivity index (χ3v) is 2.93. The van der Waals surface area contributed by atoms with Crippen molar-refractivity contribution in [3.63, 3.8) is 0 Å². The highest BCUT2D eigenvalue weighted by molar-refractivity contribution is 9.10. The van der Waals surface area contributed by atoms with Crippen LogP contribution in [-0.4, -0.2) is 22.5 Å². The van der Waals surface area contributed by atoms with Crippen molar-refractivity contribution in [3.05, 3.63) is 32.8 Å². The van der Waals surface area contributed by atoms with Gasteiger partial charge in [0.2, 0.25) is 0 Å². The highest BCUT2D eigenvalue weighted by atomic mass is 79.9. The largest absolute Gasteiger partial charge is 0.481 e. The summed E-state index contributed by atoms with van der Waals surface area (Å²) in [7, 11) is 0. The molecule has 2 N–H and O–H groups in total. The summed E-state index contributed by atoms with van der Waals surface area (Å²) in [6, 6.07) is 4.68. The second-order valence-corrected chi connectivity index (χ2v) is 4.56. The van der Waals surface area contributed by atoms with Crippen molar-refractivity contribution in [1.82, 2.24) is 0 Å². The van der Waals surface area contributed by atoms with Crippen LogP contribution in [0.25, 0.3) is 0 Å². The van der Waals surface area contributed by atoms with Crippen LogP contribution in [0.3, 0.4) is 0 Å². The Hall–Kier alpha value is -1.63. The first-order valence-corrected chi connectivity index (χ1v) is 6.19. The minimum absolute atomic E-state index is 0.0198. The number of rotatable bonds is 7. The van der Waals surface area contributed by atoms with E-state index < -0.39 is 10.9 Å². The summed E-state index contributed by atoms with van der Waals surface area (Å²) in [6.45, 7) is 0.636. The van der Waals surface area contributed by atoms with E-state index in [9.17, 15) is 14.9 Å². The van der Waals surface area contributed by atoms with E-state index in [1.807, 2.05) is 0 Å². The summed E-state index contributed by atoms with van der Waals surface area (Å²) in [5, 5.41) is 22.1. The van der Waals surface area contributed by atoms with Gasteiger partial charge in [0.05, 0.1) is 9.40 Å². The van der Waals surface area contributed by atoms with Crippen LogP contribution in [0.1, 0.15) is 19.3 Å². The van der Waals surface area contributed by atoms with E-state index in [0.717, 1.165) is 12.1 Å². The minimum Gasteiger partial charge on any atom is -0.481 e. The highest BCUT2D eigenvalue weighted by Gasteiger charge is 2.11. The molecule has 0 saturated carbocycles. The Morgan fingerprint density at radius 3 is 2.72 bits per heavy atom. The van der Waals surface area contributed by atoms with Crippen LogP contribution >= 0.6 is 15.9 Å². The third-order valence-electron chi connectivity index (χ3n) is 2.29. The Balaban J connectivity index is 2.42. The molecule has 0 aliphatic carbocycles. The Morgan fingerprint density at radius 2 is 2.17 bits per heavy atom. The number of unbranched alkanes of at least 4 members (excludes halogenated alkanes) is 1. The average Bonchev–Trinajstić information content (AvgIpc) is 2.27. The molecule has 0 aliphatic rings. The number of nitrogens with one attached hydrogen (secondary N) is 1. The first kappa shape index (κ1) is 14.4. The van der Waals surface area contributed by atoms with Crippen molar-refractivity contribution in [2.75, 3.05) is 11.9 Å². The van der Waals surface area contributed by atoms with E-state index in [-0.39, 0.29) is 12.1 Å². The Kier molecular flexibility index (Phi) is 5.57. The lowest BCUT2D eigenvalue weighted by Crippen LogP contribution is -2.03. The summed E-state index contributed by atoms with van der Waals surface area (Å²) in [4.78, 5) is 20.4. The van der Waals surface area contributed by atoms with Gasteiger partial charge < -0.3 is 10.4 Å². The second-order valence-electron chi connectivity index (χ2n) is 3.70. The molecule has 98 valence electrons. The molecule has 7 heteroatoms. The quantitative estimate of drug-likeness (QED) is 0.458. The fraction of sp³-hybridized carbons (Fsp3) is 0.364. The molecule has 1 rings (SSSR count). The Bertz CT molecular complexity index is 451. The zero-order valence-electron chi connectivity index (χ0n) is 9.56. The molecule has 0 amide bonds. The SMILES string of the molecule is O=C(O)CCCCNc1ccc([N+](=O)[O-])c(Br)c1. The molecule has 1 aromatic carbocycles. The molecule has 0 unspecified atom stereocenters. The van der Waals surface area contributed by atoms with Gasteiger partial charge in [0.1, 0.15) is 0 Å². The molecule has 18 heavy (non-hydrogen) atoms. The van der Waals surface area contributed by atoms with Gasteiger partial charge in [-0.2, -0.15) is 0 Å². The van der Waals surface area contributed by atoms with Crippen molar-refractivity contribution in [2.45, 2.75) is 19.3 Å². The number of nitro benzene ring substituents is 1. The van der Waals surface area contributed by atoms with Crippen LogP contribution in [-0.2, 0) is 4.79 Å². The maximum Gasteiger partial charge on any atom is 0.303 e. The van der Waals surface area contributed by atoms with Crippen molar-refractivity contribution in [2.24, 2.45) is 0 Å². The molecule has 0 radical (unpaired) electrons. The number of hydrogen-bond donors (Lipinski definition) is 2. The van der Waals surface area contributed by atoms with Gasteiger partial charge in [-0.3, -0.25) is 14.9 Å². The van der Waals surface area contributed by atoms with E-state index in [4.69, 9.17) is 5.11 Å². The lowest BCUT2D eigenvalue weighted by Gasteiger charge is -2.06. The molecular weight excluding hydrogens is 304 g/mol. The molecule has 0 aliphatic heterocycles. The predicted octanol–water partition coefficient (Wildman–Crippen LogP) is 3.02. The fourth-order valence-electron chi connectivity index (χ4n) is 1.40. The highest BCUT2D eigenvalue weighted by Crippen LogP contribution is 2.27. The van der Waals surface area contributed by atoms with E-state index in [1.165, 1.54) is 6.07 Å². The number of carboxylic acid groups (broad SMARTS) is 1. The molecule has 0 heterocycles. The number of halogens is 1. The number of aliphatic carboxylic acids is 1. The molecule has 1 aromatic rings. The lowest BCUT2D eigenvalue weighted by molar-refractivity contribution is -0.385. The summed E-state index contributed by atoms with van der Waals surface area (Å²) < 4.78 is 0.419. The summed E-state index contributed by atoms with van der Waals surface area (Å²) in [6.07, 6.45) is 1.50. The summed E-state index contributed by atoms with van der Waals surface area (Å²) in [5.74, 6) is -0.798. The van der Waals surface area contributed by atoms with Crippen LogP contribution < -0.4 is 5.32 Å². The maximum atomic E-state index is 10.6. The summed E-state index contributed by atoms with van der Waals surface area (Å²) >= 11 is 3.13. The van der Waals surface area contributed by atoms with Crippen molar-refractivity contribution in [3.8, 4) is 0 Å². The zero-order chi connectivity index (χ0) is 13.5. The number of benzene rings is 1. The predicted molar refractivity (Wildman–Crippen MR) is 70.8 cm³/mol. The van der Waals surface area contributed by atoms with Gasteiger partial charge in [-0.05, 0) is 40.9 Å². The van der Waals surface area contributed by atoms with Gasteiger partial charge in [-0.25, -0.2) is 0 Å². The Morgan fingerprint density at radius 1 is 1.44 bits per heavy atom. The van der Waals surface area contributed by atoms with Crippen molar-refractivity contribution < 1.29 is 14.8 Å². The van der Waals surface area contributed by atoms with Gasteiger partial charge in [0, 0.05) is 24.7 Å². The maximum absolute atomic E-state index is 10.6. The minimum atomic E-state index is -0.798. The van der Waals surface area contributed by atoms with E-state index >= 15 is 0 Å². The Labute approximate surface area is 112 Å². The van der Waals surface area contributed by atoms with Crippen molar-refractivity contribution in [1.29, 1.82) is 0 Å². The molecule has 0 saturated heterocycles. The van der Waals surface area contributed by atoms with Crippen molar-refractivity contribution >= 4 is 33.3 Å². The van der Waals surface area contributed by atoms with Crippen LogP contribution in [0.5, 0.6) is 0 Å². The monoisotopic (exact) mass is 316 g/mol. The molecule has 6 nitrogen and oxygen atoms in total. The van der Waals surface area contributed by atoms with Gasteiger partial charge in [-0.15, -0.1) is 0 Å².